The normalized spacial score (nSPS) is 21.5. The van der Waals surface area contributed by atoms with Gasteiger partial charge in [-0.25, -0.2) is 9.18 Å². The van der Waals surface area contributed by atoms with Gasteiger partial charge in [-0.2, -0.15) is 0 Å². The summed E-state index contributed by atoms with van der Waals surface area (Å²) in [6, 6.07) is 3.84. The maximum absolute atomic E-state index is 15.1. The van der Waals surface area contributed by atoms with Crippen LogP contribution >= 0.6 is 11.8 Å². The van der Waals surface area contributed by atoms with Gasteiger partial charge in [0.2, 0.25) is 5.43 Å². The van der Waals surface area contributed by atoms with Gasteiger partial charge in [0.1, 0.15) is 11.4 Å². The highest BCUT2D eigenvalue weighted by atomic mass is 32.2. The minimum atomic E-state index is -1.25. The first-order valence-electron chi connectivity index (χ1n) is 9.81. The van der Waals surface area contributed by atoms with Gasteiger partial charge < -0.3 is 19.9 Å². The lowest BCUT2D eigenvalue weighted by atomic mass is 10.1. The zero-order valence-electron chi connectivity index (χ0n) is 15.4. The van der Waals surface area contributed by atoms with Crippen molar-refractivity contribution < 1.29 is 14.3 Å². The van der Waals surface area contributed by atoms with Crippen LogP contribution in [-0.4, -0.2) is 46.6 Å². The lowest BCUT2D eigenvalue weighted by Gasteiger charge is -2.28. The summed E-state index contributed by atoms with van der Waals surface area (Å²) in [5.74, 6) is -0.992. The zero-order chi connectivity index (χ0) is 19.4. The quantitative estimate of drug-likeness (QED) is 0.800. The first-order chi connectivity index (χ1) is 13.5. The molecule has 2 N–H and O–H groups in total. The minimum absolute atomic E-state index is 0.150. The first-order valence-corrected chi connectivity index (χ1v) is 10.8. The van der Waals surface area contributed by atoms with Gasteiger partial charge in [0, 0.05) is 42.9 Å². The van der Waals surface area contributed by atoms with Crippen LogP contribution in [0.15, 0.2) is 22.0 Å². The second-order valence-corrected chi connectivity index (χ2v) is 8.89. The lowest BCUT2D eigenvalue weighted by molar-refractivity contribution is 0.0690. The molecule has 2 aromatic rings. The van der Waals surface area contributed by atoms with Crippen LogP contribution in [0.25, 0.3) is 10.9 Å². The Morgan fingerprint density at radius 3 is 2.86 bits per heavy atom. The molecule has 5 rings (SSSR count). The highest BCUT2D eigenvalue weighted by Crippen LogP contribution is 2.35. The van der Waals surface area contributed by atoms with Gasteiger partial charge >= 0.3 is 5.97 Å². The van der Waals surface area contributed by atoms with E-state index in [1.54, 1.807) is 6.07 Å². The van der Waals surface area contributed by atoms with Crippen molar-refractivity contribution in [1.82, 2.24) is 9.88 Å². The smallest absolute Gasteiger partial charge is 0.342 e. The Bertz CT molecular complexity index is 1030. The number of fused-ring (bicyclic) bond motifs is 3. The number of hydrogen-bond acceptors (Lipinski definition) is 5. The third-order valence-electron chi connectivity index (χ3n) is 5.96. The van der Waals surface area contributed by atoms with Crippen LogP contribution in [0.5, 0.6) is 0 Å². The van der Waals surface area contributed by atoms with Crippen LogP contribution < -0.4 is 15.6 Å². The van der Waals surface area contributed by atoms with Crippen LogP contribution in [0, 0.1) is 5.82 Å². The molecule has 3 aliphatic rings. The minimum Gasteiger partial charge on any atom is -0.477 e. The highest BCUT2D eigenvalue weighted by molar-refractivity contribution is 7.99. The number of hydrogen-bond donors (Lipinski definition) is 2. The zero-order valence-corrected chi connectivity index (χ0v) is 16.2. The summed E-state index contributed by atoms with van der Waals surface area (Å²) in [5, 5.41) is 13.7. The maximum Gasteiger partial charge on any atom is 0.342 e. The molecule has 1 saturated carbocycles. The fourth-order valence-electron chi connectivity index (χ4n) is 4.40. The van der Waals surface area contributed by atoms with Gasteiger partial charge in [0.15, 0.2) is 0 Å². The molecule has 0 amide bonds. The number of nitrogens with zero attached hydrogens (tertiary/aromatic N) is 2. The molecule has 0 radical (unpaired) electrons. The molecule has 28 heavy (non-hydrogen) atoms. The van der Waals surface area contributed by atoms with Gasteiger partial charge in [-0.15, -0.1) is 11.8 Å². The number of pyridine rings is 1. The monoisotopic (exact) mass is 403 g/mol. The molecule has 2 fully saturated rings. The number of aryl methyl sites for hydroxylation is 1. The maximum atomic E-state index is 15.1. The fourth-order valence-corrected chi connectivity index (χ4v) is 5.54. The topological polar surface area (TPSA) is 74.6 Å². The van der Waals surface area contributed by atoms with Crippen molar-refractivity contribution in [3.63, 3.8) is 0 Å². The Morgan fingerprint density at radius 1 is 1.29 bits per heavy atom. The van der Waals surface area contributed by atoms with Crippen LogP contribution in [0.3, 0.4) is 0 Å². The summed E-state index contributed by atoms with van der Waals surface area (Å²) < 4.78 is 16.9. The average Bonchev–Trinajstić information content (AvgIpc) is 3.16. The molecule has 3 heterocycles. The van der Waals surface area contributed by atoms with E-state index in [-0.39, 0.29) is 17.0 Å². The molecule has 6 nitrogen and oxygen atoms in total. The van der Waals surface area contributed by atoms with Gasteiger partial charge in [0.25, 0.3) is 0 Å². The summed E-state index contributed by atoms with van der Waals surface area (Å²) in [6.45, 7) is 2.25. The van der Waals surface area contributed by atoms with Gasteiger partial charge in [0.05, 0.1) is 16.2 Å². The third-order valence-corrected chi connectivity index (χ3v) is 7.04. The highest BCUT2D eigenvalue weighted by Gasteiger charge is 2.31. The average molecular weight is 403 g/mol. The van der Waals surface area contributed by atoms with E-state index < -0.39 is 17.2 Å². The Kier molecular flexibility index (Phi) is 4.35. The third kappa shape index (κ3) is 2.90. The first kappa shape index (κ1) is 18.0. The van der Waals surface area contributed by atoms with Crippen molar-refractivity contribution in [2.75, 3.05) is 23.7 Å². The summed E-state index contributed by atoms with van der Waals surface area (Å²) in [4.78, 5) is 26.5. The van der Waals surface area contributed by atoms with E-state index in [2.05, 4.69) is 10.2 Å². The number of aromatic carboxylic acids is 1. The number of aromatic nitrogens is 1. The SMILES string of the molecule is O=C(O)c1c2n(c3cc(N4CCCC4CNC4CC4)c(F)cc3c1=O)CCS2. The Labute approximate surface area is 165 Å². The van der Waals surface area contributed by atoms with Crippen LogP contribution in [0.4, 0.5) is 10.1 Å². The molecule has 1 aromatic heterocycles. The summed E-state index contributed by atoms with van der Waals surface area (Å²) >= 11 is 1.38. The van der Waals surface area contributed by atoms with Crippen molar-refractivity contribution in [2.24, 2.45) is 0 Å². The number of anilines is 1. The second-order valence-electron chi connectivity index (χ2n) is 7.81. The van der Waals surface area contributed by atoms with E-state index in [4.69, 9.17) is 0 Å². The Morgan fingerprint density at radius 2 is 2.11 bits per heavy atom. The molecule has 2 aliphatic heterocycles. The van der Waals surface area contributed by atoms with E-state index in [9.17, 15) is 14.7 Å². The van der Waals surface area contributed by atoms with Crippen LogP contribution in [0.1, 0.15) is 36.0 Å². The number of rotatable bonds is 5. The van der Waals surface area contributed by atoms with Crippen LogP contribution in [-0.2, 0) is 6.54 Å². The standard InChI is InChI=1S/C20H22FN3O3S/c21-14-8-13-15(24-6-7-28-19(24)17(18(13)25)20(26)27)9-16(14)23-5-1-2-12(23)10-22-11-3-4-11/h8-9,11-12,22H,1-7,10H2,(H,26,27). The van der Waals surface area contributed by atoms with Crippen molar-refractivity contribution in [3.8, 4) is 0 Å². The van der Waals surface area contributed by atoms with Crippen molar-refractivity contribution in [2.45, 2.75) is 49.3 Å². The number of nitrogens with one attached hydrogen (secondary N) is 1. The van der Waals surface area contributed by atoms with Crippen LogP contribution in [0.2, 0.25) is 0 Å². The van der Waals surface area contributed by atoms with Crippen molar-refractivity contribution in [3.05, 3.63) is 33.7 Å². The number of carboxylic acids is 1. The molecule has 1 saturated heterocycles. The molecule has 8 heteroatoms. The molecule has 1 unspecified atom stereocenters. The predicted molar refractivity (Wildman–Crippen MR) is 107 cm³/mol. The van der Waals surface area contributed by atoms with E-state index in [0.717, 1.165) is 25.9 Å². The van der Waals surface area contributed by atoms with E-state index in [1.807, 2.05) is 4.57 Å². The van der Waals surface area contributed by atoms with Crippen molar-refractivity contribution >= 4 is 34.3 Å². The summed E-state index contributed by atoms with van der Waals surface area (Å²) in [6.07, 6.45) is 4.47. The number of thioether (sulfide) groups is 1. The Balaban J connectivity index is 1.61. The van der Waals surface area contributed by atoms with E-state index in [1.165, 1.54) is 30.7 Å². The fraction of sp³-hybridized carbons (Fsp3) is 0.500. The molecule has 0 bridgehead atoms. The molecule has 0 spiro atoms. The molecular formula is C20H22FN3O3S. The summed E-state index contributed by atoms with van der Waals surface area (Å²) in [7, 11) is 0. The lowest BCUT2D eigenvalue weighted by Crippen LogP contribution is -2.39. The number of carbonyl (C=O) groups is 1. The van der Waals surface area contributed by atoms with Gasteiger partial charge in [-0.1, -0.05) is 0 Å². The molecule has 1 aromatic carbocycles. The van der Waals surface area contributed by atoms with E-state index in [0.29, 0.717) is 34.6 Å². The van der Waals surface area contributed by atoms with Gasteiger partial charge in [-0.05, 0) is 37.8 Å². The molecule has 1 atom stereocenters. The Hall–Kier alpha value is -2.06. The van der Waals surface area contributed by atoms with E-state index >= 15 is 4.39 Å². The number of benzene rings is 1. The van der Waals surface area contributed by atoms with Gasteiger partial charge in [-0.3, -0.25) is 4.79 Å². The molecular weight excluding hydrogens is 381 g/mol. The number of halogens is 1. The summed E-state index contributed by atoms with van der Waals surface area (Å²) in [5.41, 5.74) is 0.311. The molecule has 148 valence electrons. The molecule has 1 aliphatic carbocycles. The van der Waals surface area contributed by atoms with Crippen molar-refractivity contribution in [1.29, 1.82) is 0 Å². The largest absolute Gasteiger partial charge is 0.477 e. The predicted octanol–water partition coefficient (Wildman–Crippen LogP) is 2.67. The second kappa shape index (κ2) is 6.77. The number of carboxylic acid groups (broad SMARTS) is 1.